The summed E-state index contributed by atoms with van der Waals surface area (Å²) in [4.78, 5) is 28.8. The van der Waals surface area contributed by atoms with Crippen molar-refractivity contribution in [2.75, 3.05) is 18.4 Å². The summed E-state index contributed by atoms with van der Waals surface area (Å²) in [6, 6.07) is 14.0. The lowest BCUT2D eigenvalue weighted by atomic mass is 10.1. The van der Waals surface area contributed by atoms with Gasteiger partial charge in [-0.15, -0.1) is 0 Å². The molecule has 3 aromatic rings. The van der Waals surface area contributed by atoms with Gasteiger partial charge in [0.1, 0.15) is 11.9 Å². The van der Waals surface area contributed by atoms with Gasteiger partial charge in [-0.3, -0.25) is 4.79 Å². The van der Waals surface area contributed by atoms with Crippen molar-refractivity contribution in [1.82, 2.24) is 9.88 Å². The summed E-state index contributed by atoms with van der Waals surface area (Å²) < 4.78 is 51.1. The number of hydrogen-bond acceptors (Lipinski definition) is 5. The van der Waals surface area contributed by atoms with E-state index >= 15 is 0 Å². The second-order valence-corrected chi connectivity index (χ2v) is 7.65. The third kappa shape index (κ3) is 5.30. The van der Waals surface area contributed by atoms with Crippen LogP contribution in [0, 0.1) is 0 Å². The average molecular weight is 475 g/mol. The SMILES string of the molecule is O=C(Nc1ccc(OC2CCCN(C(=O)O)C2)cc1)c1nc(-c2ccccc2)oc1C(F)(F)F. The quantitative estimate of drug-likeness (QED) is 0.530. The lowest BCUT2D eigenvalue weighted by molar-refractivity contribution is -0.153. The van der Waals surface area contributed by atoms with Crippen molar-refractivity contribution in [3.05, 3.63) is 66.1 Å². The normalized spacial score (nSPS) is 16.2. The van der Waals surface area contributed by atoms with E-state index in [1.807, 2.05) is 0 Å². The number of amides is 2. The number of halogens is 3. The largest absolute Gasteiger partial charge is 0.489 e. The summed E-state index contributed by atoms with van der Waals surface area (Å²) in [5.74, 6) is -2.43. The first-order chi connectivity index (χ1) is 16.2. The van der Waals surface area contributed by atoms with Crippen LogP contribution in [-0.4, -0.2) is 46.2 Å². The number of piperidine rings is 1. The highest BCUT2D eigenvalue weighted by molar-refractivity contribution is 6.04. The molecule has 1 unspecified atom stereocenters. The van der Waals surface area contributed by atoms with E-state index < -0.39 is 29.6 Å². The molecule has 34 heavy (non-hydrogen) atoms. The second-order valence-electron chi connectivity index (χ2n) is 7.65. The van der Waals surface area contributed by atoms with Crippen molar-refractivity contribution < 1.29 is 37.0 Å². The molecular weight excluding hydrogens is 455 g/mol. The Morgan fingerprint density at radius 1 is 1.12 bits per heavy atom. The van der Waals surface area contributed by atoms with Crippen molar-refractivity contribution in [3.63, 3.8) is 0 Å². The summed E-state index contributed by atoms with van der Waals surface area (Å²) in [5, 5.41) is 11.5. The van der Waals surface area contributed by atoms with Crippen molar-refractivity contribution in [1.29, 1.82) is 0 Å². The lowest BCUT2D eigenvalue weighted by Crippen LogP contribution is -2.43. The van der Waals surface area contributed by atoms with Crippen LogP contribution >= 0.6 is 0 Å². The Morgan fingerprint density at radius 2 is 1.82 bits per heavy atom. The number of benzene rings is 2. The van der Waals surface area contributed by atoms with E-state index in [9.17, 15) is 22.8 Å². The van der Waals surface area contributed by atoms with Crippen LogP contribution in [-0.2, 0) is 6.18 Å². The van der Waals surface area contributed by atoms with Gasteiger partial charge in [0.2, 0.25) is 11.7 Å². The molecule has 1 atom stereocenters. The number of carboxylic acid groups (broad SMARTS) is 1. The molecule has 0 bridgehead atoms. The number of nitrogens with zero attached hydrogens (tertiary/aromatic N) is 2. The fourth-order valence-electron chi connectivity index (χ4n) is 3.58. The molecule has 8 nitrogen and oxygen atoms in total. The smallest absolute Gasteiger partial charge is 0.452 e. The molecule has 4 rings (SSSR count). The number of oxazole rings is 1. The fraction of sp³-hybridized carbons (Fsp3) is 0.261. The van der Waals surface area contributed by atoms with Crippen molar-refractivity contribution in [2.45, 2.75) is 25.1 Å². The Labute approximate surface area is 192 Å². The van der Waals surface area contributed by atoms with Crippen molar-refractivity contribution >= 4 is 17.7 Å². The van der Waals surface area contributed by atoms with Crippen LogP contribution < -0.4 is 10.1 Å². The monoisotopic (exact) mass is 475 g/mol. The first-order valence-electron chi connectivity index (χ1n) is 10.4. The Hall–Kier alpha value is -4.02. The third-order valence-corrected chi connectivity index (χ3v) is 5.18. The van der Waals surface area contributed by atoms with Gasteiger partial charge in [0, 0.05) is 17.8 Å². The average Bonchev–Trinajstić information content (AvgIpc) is 3.28. The fourth-order valence-corrected chi connectivity index (χ4v) is 3.58. The van der Waals surface area contributed by atoms with Gasteiger partial charge >= 0.3 is 12.3 Å². The number of aromatic nitrogens is 1. The van der Waals surface area contributed by atoms with Crippen LogP contribution in [0.25, 0.3) is 11.5 Å². The van der Waals surface area contributed by atoms with Gasteiger partial charge in [-0.1, -0.05) is 18.2 Å². The molecule has 178 valence electrons. The Balaban J connectivity index is 1.46. The van der Waals surface area contributed by atoms with Gasteiger partial charge < -0.3 is 24.5 Å². The molecule has 0 saturated carbocycles. The summed E-state index contributed by atoms with van der Waals surface area (Å²) in [6.07, 6.45) is -4.86. The maximum Gasteiger partial charge on any atom is 0.452 e. The molecular formula is C23H20F3N3O5. The van der Waals surface area contributed by atoms with Crippen molar-refractivity contribution in [2.24, 2.45) is 0 Å². The summed E-state index contributed by atoms with van der Waals surface area (Å²) in [6.45, 7) is 0.693. The molecule has 1 aliphatic heterocycles. The number of hydrogen-bond donors (Lipinski definition) is 2. The zero-order valence-electron chi connectivity index (χ0n) is 17.7. The number of nitrogens with one attached hydrogen (secondary N) is 1. The minimum Gasteiger partial charge on any atom is -0.489 e. The molecule has 1 fully saturated rings. The van der Waals surface area contributed by atoms with Gasteiger partial charge in [0.15, 0.2) is 5.69 Å². The predicted octanol–water partition coefficient (Wildman–Crippen LogP) is 5.13. The van der Waals surface area contributed by atoms with E-state index in [0.29, 0.717) is 30.7 Å². The third-order valence-electron chi connectivity index (χ3n) is 5.18. The van der Waals surface area contributed by atoms with Crippen molar-refractivity contribution in [3.8, 4) is 17.2 Å². The second kappa shape index (κ2) is 9.46. The molecule has 1 saturated heterocycles. The van der Waals surface area contributed by atoms with E-state index in [-0.39, 0.29) is 24.2 Å². The molecule has 11 heteroatoms. The standard InChI is InChI=1S/C23H20F3N3O5/c24-23(25,26)19-18(28-21(34-19)14-5-2-1-3-6-14)20(30)27-15-8-10-16(11-9-15)33-17-7-4-12-29(13-17)22(31)32/h1-3,5-6,8-11,17H,4,7,12-13H2,(H,27,30)(H,31,32). The molecule has 2 amide bonds. The van der Waals surface area contributed by atoms with Gasteiger partial charge in [-0.25, -0.2) is 9.78 Å². The van der Waals surface area contributed by atoms with Crippen LogP contribution in [0.15, 0.2) is 59.0 Å². The summed E-state index contributed by atoms with van der Waals surface area (Å²) >= 11 is 0. The van der Waals surface area contributed by atoms with E-state index in [2.05, 4.69) is 10.3 Å². The lowest BCUT2D eigenvalue weighted by Gasteiger charge is -2.30. The number of likely N-dealkylation sites (tertiary alicyclic amines) is 1. The molecule has 0 aliphatic carbocycles. The van der Waals surface area contributed by atoms with Crippen LogP contribution in [0.5, 0.6) is 5.75 Å². The Morgan fingerprint density at radius 3 is 2.47 bits per heavy atom. The Bertz CT molecular complexity index is 1160. The van der Waals surface area contributed by atoms with Gasteiger partial charge in [0.25, 0.3) is 5.91 Å². The van der Waals surface area contributed by atoms with E-state index in [1.54, 1.807) is 18.2 Å². The van der Waals surface area contributed by atoms with Crippen LogP contribution in [0.1, 0.15) is 29.1 Å². The summed E-state index contributed by atoms with van der Waals surface area (Å²) in [7, 11) is 0. The minimum absolute atomic E-state index is 0.227. The minimum atomic E-state index is -4.91. The molecule has 0 spiro atoms. The number of rotatable bonds is 5. The van der Waals surface area contributed by atoms with Gasteiger partial charge in [0.05, 0.1) is 6.54 Å². The van der Waals surface area contributed by atoms with E-state index in [1.165, 1.54) is 41.3 Å². The van der Waals surface area contributed by atoms with Gasteiger partial charge in [-0.2, -0.15) is 13.2 Å². The topological polar surface area (TPSA) is 105 Å². The highest BCUT2D eigenvalue weighted by Crippen LogP contribution is 2.35. The van der Waals surface area contributed by atoms with Crippen LogP contribution in [0.2, 0.25) is 0 Å². The molecule has 0 radical (unpaired) electrons. The van der Waals surface area contributed by atoms with Gasteiger partial charge in [-0.05, 0) is 49.2 Å². The first kappa shape index (κ1) is 23.1. The zero-order valence-corrected chi connectivity index (χ0v) is 17.7. The first-order valence-corrected chi connectivity index (χ1v) is 10.4. The predicted molar refractivity (Wildman–Crippen MR) is 115 cm³/mol. The number of carbonyl (C=O) groups is 2. The van der Waals surface area contributed by atoms with E-state index in [4.69, 9.17) is 14.3 Å². The molecule has 1 aromatic heterocycles. The number of alkyl halides is 3. The summed E-state index contributed by atoms with van der Waals surface area (Å²) in [5.41, 5.74) is -0.342. The molecule has 2 heterocycles. The maximum absolute atomic E-state index is 13.5. The van der Waals surface area contributed by atoms with Crippen LogP contribution in [0.4, 0.5) is 23.7 Å². The highest BCUT2D eigenvalue weighted by Gasteiger charge is 2.42. The number of carbonyl (C=O) groups excluding carboxylic acids is 1. The van der Waals surface area contributed by atoms with E-state index in [0.717, 1.165) is 0 Å². The number of ether oxygens (including phenoxy) is 1. The maximum atomic E-state index is 13.5. The zero-order chi connectivity index (χ0) is 24.3. The molecule has 2 aromatic carbocycles. The highest BCUT2D eigenvalue weighted by atomic mass is 19.4. The number of anilines is 1. The molecule has 1 aliphatic rings. The Kier molecular flexibility index (Phi) is 6.44. The van der Waals surface area contributed by atoms with Crippen LogP contribution in [0.3, 0.4) is 0 Å². The molecule has 2 N–H and O–H groups in total.